The summed E-state index contributed by atoms with van der Waals surface area (Å²) in [4.78, 5) is 29.8. The third-order valence-electron chi connectivity index (χ3n) is 18.9. The average Bonchev–Trinajstić information content (AvgIpc) is 1.60. The molecule has 0 N–H and O–H groups in total. The number of benzene rings is 4. The molecular weight excluding hydrogens is 1400 g/mol. The van der Waals surface area contributed by atoms with Gasteiger partial charge in [-0.05, 0) is 213 Å². The van der Waals surface area contributed by atoms with E-state index < -0.39 is 48.7 Å². The minimum absolute atomic E-state index is 0. The molecule has 4 aromatic carbocycles. The molecule has 104 heavy (non-hydrogen) atoms. The Morgan fingerprint density at radius 1 is 0.625 bits per heavy atom. The van der Waals surface area contributed by atoms with Crippen molar-refractivity contribution < 1.29 is 74.0 Å². The van der Waals surface area contributed by atoms with E-state index in [1.807, 2.05) is 122 Å². The van der Waals surface area contributed by atoms with E-state index in [-0.39, 0.29) is 38.2 Å². The van der Waals surface area contributed by atoms with Crippen molar-refractivity contribution in [2.24, 2.45) is 4.99 Å². The maximum absolute atomic E-state index is 13.9. The van der Waals surface area contributed by atoms with Crippen molar-refractivity contribution in [1.29, 1.82) is 0 Å². The Labute approximate surface area is 624 Å². The monoisotopic (exact) mass is 1490 g/mol. The fourth-order valence-electron chi connectivity index (χ4n) is 13.7. The van der Waals surface area contributed by atoms with Crippen LogP contribution in [0.3, 0.4) is 0 Å². The molecule has 1 unspecified atom stereocenters. The molecule has 538 valence electrons. The van der Waals surface area contributed by atoms with E-state index in [0.29, 0.717) is 120 Å². The van der Waals surface area contributed by atoms with Gasteiger partial charge in [-0.25, -0.2) is 26.8 Å². The van der Waals surface area contributed by atoms with Gasteiger partial charge in [0.15, 0.2) is 5.71 Å². The Kier molecular flexibility index (Phi) is 26.4. The van der Waals surface area contributed by atoms with Crippen molar-refractivity contribution in [3.63, 3.8) is 0 Å². The van der Waals surface area contributed by atoms with E-state index in [1.54, 1.807) is 50.9 Å². The minimum Gasteiger partial charge on any atom is -0.858 e. The molecule has 1 atom stereocenters. The minimum atomic E-state index is -4.39. The van der Waals surface area contributed by atoms with Crippen LogP contribution in [0.4, 0.5) is 23.0 Å². The van der Waals surface area contributed by atoms with E-state index in [0.717, 1.165) is 79.2 Å². The number of allylic oxidation sites excluding steroid dienone is 5. The van der Waals surface area contributed by atoms with E-state index in [4.69, 9.17) is 28.9 Å². The predicted molar refractivity (Wildman–Crippen MR) is 399 cm³/mol. The Morgan fingerprint density at radius 2 is 1.22 bits per heavy atom. The zero-order chi connectivity index (χ0) is 72.6. The van der Waals surface area contributed by atoms with Crippen molar-refractivity contribution in [3.05, 3.63) is 263 Å². The van der Waals surface area contributed by atoms with Crippen molar-refractivity contribution >= 4 is 54.9 Å². The molecule has 0 saturated heterocycles. The predicted octanol–water partition coefficient (Wildman–Crippen LogP) is 13.1. The summed E-state index contributed by atoms with van der Waals surface area (Å²) >= 11 is 0. The maximum Gasteiger partial charge on any atom is 2.00 e. The molecule has 0 bridgehead atoms. The second kappa shape index (κ2) is 35.5. The van der Waals surface area contributed by atoms with Crippen LogP contribution in [0, 0.1) is 0 Å². The summed E-state index contributed by atoms with van der Waals surface area (Å²) in [6.45, 7) is 12.5. The summed E-state index contributed by atoms with van der Waals surface area (Å²) in [5.41, 5.74) is 11.1. The van der Waals surface area contributed by atoms with Gasteiger partial charge in [-0.3, -0.25) is 14.9 Å². The number of hydrogen-bond donors (Lipinski definition) is 0. The number of rotatable bonds is 34. The molecule has 11 rings (SSSR count). The molecule has 0 amide bonds. The standard InChI is InChI=1S/C81H91N9O11S2.Zn/c1-80(2)70-53-67(98-5)34-36-72(70)88(45-16-19-48-102(92,93)94)74(80)38-30-61-22-21-23-62(31-39-75-81(3,4)71-54-68(99-6)35-37-73(71)89(75)46-17-20-49-103(95,96)97)78(61)101-66-32-28-63(29-33-66)79(91)86-44-15-18-47-100-69-51-59(55-87(57-64-24-7-11-40-82-64)58-65-25-8-12-41-83-65)50-60(52-69)56-90(76-26-9-13-42-84-76)77-27-10-14-43-85-77;/h7-14,22,24-43,50-54,78H,15-21,23,44-49,55-58H2,1-6H3,(H2-,86,91,92,93,94,95,96,97);/q;+2/p-2/b38-30+,62-31-,75-39-;. The quantitative estimate of drug-likeness (QED) is 0.00907. The van der Waals surface area contributed by atoms with E-state index in [9.17, 15) is 31.0 Å². The summed E-state index contributed by atoms with van der Waals surface area (Å²) < 4.78 is 97.3. The van der Waals surface area contributed by atoms with Gasteiger partial charge >= 0.3 is 19.5 Å². The van der Waals surface area contributed by atoms with Gasteiger partial charge in [-0.2, -0.15) is 4.58 Å². The zero-order valence-electron chi connectivity index (χ0n) is 60.0. The second-order valence-electron chi connectivity index (χ2n) is 27.0. The molecule has 0 spiro atoms. The third kappa shape index (κ3) is 20.4. The summed E-state index contributed by atoms with van der Waals surface area (Å²) in [7, 11) is -5.52. The van der Waals surface area contributed by atoms with Crippen LogP contribution in [0.2, 0.25) is 0 Å². The number of aromatic nitrogens is 4. The molecule has 3 aliphatic rings. The van der Waals surface area contributed by atoms with E-state index in [2.05, 4.69) is 111 Å². The third-order valence-corrected chi connectivity index (χ3v) is 20.4. The van der Waals surface area contributed by atoms with Crippen LogP contribution in [-0.4, -0.2) is 125 Å². The summed E-state index contributed by atoms with van der Waals surface area (Å²) in [5, 5.41) is 13.9. The Bertz CT molecular complexity index is 4580. The molecule has 6 heterocycles. The number of pyridine rings is 4. The normalized spacial score (nSPS) is 16.4. The van der Waals surface area contributed by atoms with Crippen LogP contribution in [0.5, 0.6) is 23.0 Å². The van der Waals surface area contributed by atoms with Crippen LogP contribution in [-0.2, 0) is 76.7 Å². The van der Waals surface area contributed by atoms with Gasteiger partial charge in [0.1, 0.15) is 47.3 Å². The fraction of sp³-hybridized carbons (Fsp3) is 0.333. The SMILES string of the molecule is COc1ccc2c(c1)C(C)(C)C(/C=C/C1=CCC/C(=C/C=C3\N(CCCCS(=O)(=O)[O-])c4ccc(OC)cc4C3(C)C)C1Oc1ccc(C([O-])=NCCCCOc3cc(CN(Cc4ccccn4)Cc4ccccn4)cc(CN(c4ccccn4)c4ccccn4)c3)cc1)=[N+]2CCCCS(=O)(=O)[O-].[Zn+2]. The first-order valence-corrected chi connectivity index (χ1v) is 38.1. The van der Waals surface area contributed by atoms with Gasteiger partial charge in [0.2, 0.25) is 5.69 Å². The van der Waals surface area contributed by atoms with Gasteiger partial charge < -0.3 is 48.0 Å². The number of ether oxygens (including phenoxy) is 4. The number of nitrogens with zero attached hydrogens (tertiary/aromatic N) is 9. The summed E-state index contributed by atoms with van der Waals surface area (Å²) in [5.74, 6) is 2.92. The Morgan fingerprint density at radius 3 is 1.83 bits per heavy atom. The first-order valence-electron chi connectivity index (χ1n) is 34.9. The molecule has 8 aromatic rings. The van der Waals surface area contributed by atoms with Crippen molar-refractivity contribution in [2.45, 2.75) is 122 Å². The molecule has 4 aromatic heterocycles. The number of hydrogen-bond acceptors (Lipinski definition) is 19. The summed E-state index contributed by atoms with van der Waals surface area (Å²) in [6.07, 6.45) is 21.1. The molecule has 1 aliphatic carbocycles. The van der Waals surface area contributed by atoms with Gasteiger partial charge in [-0.1, -0.05) is 68.5 Å². The molecule has 0 fully saturated rings. The largest absolute Gasteiger partial charge is 2.00 e. The maximum atomic E-state index is 13.9. The fourth-order valence-corrected chi connectivity index (χ4v) is 14.8. The Balaban J connectivity index is 0.0000116. The van der Waals surface area contributed by atoms with Crippen molar-refractivity contribution in [3.8, 4) is 23.0 Å². The molecule has 23 heteroatoms. The van der Waals surface area contributed by atoms with Gasteiger partial charge in [0.05, 0.1) is 64.4 Å². The molecule has 20 nitrogen and oxygen atoms in total. The topological polar surface area (TPSA) is 251 Å². The molecule has 0 saturated carbocycles. The second-order valence-corrected chi connectivity index (χ2v) is 30.1. The summed E-state index contributed by atoms with van der Waals surface area (Å²) in [6, 6.07) is 48.9. The molecule has 0 radical (unpaired) electrons. The number of unbranched alkanes of at least 4 members (excludes halogenated alkanes) is 3. The van der Waals surface area contributed by atoms with E-state index in [1.165, 1.54) is 0 Å². The van der Waals surface area contributed by atoms with Crippen LogP contribution in [0.25, 0.3) is 0 Å². The number of methoxy groups -OCH3 is 2. The van der Waals surface area contributed by atoms with Gasteiger partial charge in [-0.15, -0.1) is 0 Å². The Hall–Kier alpha value is -9.22. The van der Waals surface area contributed by atoms with Crippen LogP contribution in [0.1, 0.15) is 118 Å². The smallest absolute Gasteiger partial charge is 0.858 e. The van der Waals surface area contributed by atoms with Crippen LogP contribution in [0.15, 0.2) is 229 Å². The first-order chi connectivity index (χ1) is 49.6. The van der Waals surface area contributed by atoms with Crippen LogP contribution >= 0.6 is 0 Å². The van der Waals surface area contributed by atoms with Crippen molar-refractivity contribution in [1.82, 2.24) is 24.8 Å². The van der Waals surface area contributed by atoms with Gasteiger partial charge in [0.25, 0.3) is 0 Å². The first kappa shape index (κ1) is 77.4. The number of anilines is 3. The van der Waals surface area contributed by atoms with Crippen LogP contribution < -0.4 is 33.9 Å². The van der Waals surface area contributed by atoms with Crippen molar-refractivity contribution in [2.75, 3.05) is 61.8 Å². The van der Waals surface area contributed by atoms with E-state index >= 15 is 0 Å². The van der Waals surface area contributed by atoms with Gasteiger partial charge in [0, 0.05) is 110 Å². The number of aliphatic imine (C=N–C) groups is 1. The number of fused-ring (bicyclic) bond motifs is 2. The molecule has 2 aliphatic heterocycles. The zero-order valence-corrected chi connectivity index (χ0v) is 64.6. The molecular formula is C81H89N9O11S2Zn. The average molecular weight is 1490 g/mol.